The highest BCUT2D eigenvalue weighted by atomic mass is 79.9. The molecule has 0 radical (unpaired) electrons. The number of aromatic nitrogens is 2. The zero-order chi connectivity index (χ0) is 13.1. The van der Waals surface area contributed by atoms with Crippen molar-refractivity contribution >= 4 is 33.3 Å². The van der Waals surface area contributed by atoms with E-state index < -0.39 is 5.56 Å². The van der Waals surface area contributed by atoms with Gasteiger partial charge in [-0.25, -0.2) is 9.37 Å². The van der Waals surface area contributed by atoms with Crippen LogP contribution in [0.3, 0.4) is 0 Å². The van der Waals surface area contributed by atoms with Gasteiger partial charge in [-0.1, -0.05) is 27.5 Å². The fourth-order valence-electron chi connectivity index (χ4n) is 1.36. The third-order valence-corrected chi connectivity index (χ3v) is 3.37. The van der Waals surface area contributed by atoms with Crippen molar-refractivity contribution < 1.29 is 4.39 Å². The molecule has 0 amide bonds. The van der Waals surface area contributed by atoms with E-state index in [2.05, 4.69) is 31.2 Å². The van der Waals surface area contributed by atoms with Gasteiger partial charge in [0.2, 0.25) is 0 Å². The summed E-state index contributed by atoms with van der Waals surface area (Å²) in [6.45, 7) is 0.300. The van der Waals surface area contributed by atoms with E-state index in [0.29, 0.717) is 12.1 Å². The zero-order valence-electron chi connectivity index (χ0n) is 9.01. The third kappa shape index (κ3) is 2.88. The van der Waals surface area contributed by atoms with Crippen LogP contribution >= 0.6 is 27.5 Å². The molecular formula is C11H8BrClFN3O. The SMILES string of the molecule is O=c1[nH]cnc(NCc2cc(F)ccc2Br)c1Cl. The predicted molar refractivity (Wildman–Crippen MR) is 71.3 cm³/mol. The van der Waals surface area contributed by atoms with E-state index in [9.17, 15) is 9.18 Å². The summed E-state index contributed by atoms with van der Waals surface area (Å²) in [6.07, 6.45) is 1.25. The summed E-state index contributed by atoms with van der Waals surface area (Å²) in [6, 6.07) is 4.35. The minimum absolute atomic E-state index is 0.0231. The Labute approximate surface area is 115 Å². The van der Waals surface area contributed by atoms with Crippen LogP contribution < -0.4 is 10.9 Å². The molecule has 94 valence electrons. The molecular weight excluding hydrogens is 324 g/mol. The molecule has 0 spiro atoms. The molecule has 0 aliphatic carbocycles. The molecule has 0 atom stereocenters. The van der Waals surface area contributed by atoms with Gasteiger partial charge in [-0.2, -0.15) is 0 Å². The Hall–Kier alpha value is -1.40. The van der Waals surface area contributed by atoms with Gasteiger partial charge in [0.15, 0.2) is 5.82 Å². The van der Waals surface area contributed by atoms with Gasteiger partial charge in [0, 0.05) is 11.0 Å². The second kappa shape index (κ2) is 5.49. The average molecular weight is 333 g/mol. The zero-order valence-corrected chi connectivity index (χ0v) is 11.3. The Morgan fingerprint density at radius 2 is 2.28 bits per heavy atom. The first kappa shape index (κ1) is 13.0. The number of halogens is 3. The van der Waals surface area contributed by atoms with Crippen LogP contribution in [0.15, 0.2) is 33.8 Å². The van der Waals surface area contributed by atoms with Crippen molar-refractivity contribution in [2.45, 2.75) is 6.54 Å². The van der Waals surface area contributed by atoms with Crippen molar-refractivity contribution in [2.24, 2.45) is 0 Å². The van der Waals surface area contributed by atoms with Crippen LogP contribution in [0.25, 0.3) is 0 Å². The van der Waals surface area contributed by atoms with E-state index in [1.807, 2.05) is 0 Å². The molecule has 2 N–H and O–H groups in total. The lowest BCUT2D eigenvalue weighted by molar-refractivity contribution is 0.625. The van der Waals surface area contributed by atoms with Gasteiger partial charge >= 0.3 is 0 Å². The van der Waals surface area contributed by atoms with Crippen LogP contribution in [0.1, 0.15) is 5.56 Å². The number of H-pyrrole nitrogens is 1. The number of nitrogens with one attached hydrogen (secondary N) is 2. The maximum Gasteiger partial charge on any atom is 0.271 e. The molecule has 0 unspecified atom stereocenters. The Bertz CT molecular complexity index is 632. The summed E-state index contributed by atoms with van der Waals surface area (Å²) in [4.78, 5) is 17.5. The number of nitrogens with zero attached hydrogens (tertiary/aromatic N) is 1. The van der Waals surface area contributed by atoms with E-state index in [0.717, 1.165) is 4.47 Å². The van der Waals surface area contributed by atoms with Gasteiger partial charge in [0.25, 0.3) is 5.56 Å². The summed E-state index contributed by atoms with van der Waals surface area (Å²) >= 11 is 9.08. The van der Waals surface area contributed by atoms with E-state index in [4.69, 9.17) is 11.6 Å². The summed E-state index contributed by atoms with van der Waals surface area (Å²) in [5, 5.41) is 2.86. The smallest absolute Gasteiger partial charge is 0.271 e. The normalized spacial score (nSPS) is 10.4. The van der Waals surface area contributed by atoms with Gasteiger partial charge in [-0.3, -0.25) is 4.79 Å². The molecule has 1 aromatic heterocycles. The highest BCUT2D eigenvalue weighted by molar-refractivity contribution is 9.10. The minimum Gasteiger partial charge on any atom is -0.364 e. The topological polar surface area (TPSA) is 57.8 Å². The predicted octanol–water partition coefficient (Wildman–Crippen LogP) is 2.94. The van der Waals surface area contributed by atoms with Crippen LogP contribution in [-0.4, -0.2) is 9.97 Å². The molecule has 0 aliphatic heterocycles. The summed E-state index contributed by atoms with van der Waals surface area (Å²) in [5.41, 5.74) is 0.278. The van der Waals surface area contributed by atoms with Crippen molar-refractivity contribution in [1.82, 2.24) is 9.97 Å². The van der Waals surface area contributed by atoms with Crippen LogP contribution in [0.5, 0.6) is 0 Å². The molecule has 18 heavy (non-hydrogen) atoms. The molecule has 1 aromatic carbocycles. The Morgan fingerprint density at radius 1 is 1.50 bits per heavy atom. The van der Waals surface area contributed by atoms with Crippen molar-refractivity contribution in [3.05, 3.63) is 55.8 Å². The van der Waals surface area contributed by atoms with E-state index in [1.165, 1.54) is 18.5 Å². The minimum atomic E-state index is -0.424. The van der Waals surface area contributed by atoms with E-state index >= 15 is 0 Å². The highest BCUT2D eigenvalue weighted by Gasteiger charge is 2.07. The maximum atomic E-state index is 13.1. The second-order valence-corrected chi connectivity index (χ2v) is 4.72. The summed E-state index contributed by atoms with van der Waals surface area (Å²) in [7, 11) is 0. The van der Waals surface area contributed by atoms with Gasteiger partial charge < -0.3 is 10.3 Å². The first-order chi connectivity index (χ1) is 8.58. The molecule has 2 rings (SSSR count). The third-order valence-electron chi connectivity index (χ3n) is 2.25. The van der Waals surface area contributed by atoms with Gasteiger partial charge in [-0.15, -0.1) is 0 Å². The van der Waals surface area contributed by atoms with E-state index in [-0.39, 0.29) is 16.7 Å². The van der Waals surface area contributed by atoms with Gasteiger partial charge in [0.1, 0.15) is 10.8 Å². The molecule has 0 saturated heterocycles. The number of benzene rings is 1. The van der Waals surface area contributed by atoms with Gasteiger partial charge in [-0.05, 0) is 23.8 Å². The second-order valence-electron chi connectivity index (χ2n) is 3.48. The van der Waals surface area contributed by atoms with Crippen LogP contribution in [0.2, 0.25) is 5.02 Å². The van der Waals surface area contributed by atoms with Crippen molar-refractivity contribution in [2.75, 3.05) is 5.32 Å². The highest BCUT2D eigenvalue weighted by Crippen LogP contribution is 2.20. The molecule has 2 aromatic rings. The maximum absolute atomic E-state index is 13.1. The molecule has 7 heteroatoms. The number of rotatable bonds is 3. The Kier molecular flexibility index (Phi) is 3.98. The standard InChI is InChI=1S/C11H8BrClFN3O/c12-8-2-1-7(14)3-6(8)4-15-10-9(13)11(18)17-5-16-10/h1-3,5H,4H2,(H2,15,16,17,18). The quantitative estimate of drug-likeness (QED) is 0.908. The van der Waals surface area contributed by atoms with E-state index in [1.54, 1.807) is 6.07 Å². The number of anilines is 1. The number of hydrogen-bond acceptors (Lipinski definition) is 3. The lowest BCUT2D eigenvalue weighted by Gasteiger charge is -2.08. The van der Waals surface area contributed by atoms with Crippen LogP contribution in [0, 0.1) is 5.82 Å². The molecule has 4 nitrogen and oxygen atoms in total. The molecule has 0 saturated carbocycles. The largest absolute Gasteiger partial charge is 0.364 e. The first-order valence-electron chi connectivity index (χ1n) is 4.99. The fourth-order valence-corrected chi connectivity index (χ4v) is 1.92. The average Bonchev–Trinajstić information content (AvgIpc) is 2.35. The lowest BCUT2D eigenvalue weighted by atomic mass is 10.2. The van der Waals surface area contributed by atoms with Crippen molar-refractivity contribution in [3.63, 3.8) is 0 Å². The monoisotopic (exact) mass is 331 g/mol. The molecule has 1 heterocycles. The molecule has 0 aliphatic rings. The number of hydrogen-bond donors (Lipinski definition) is 2. The summed E-state index contributed by atoms with van der Waals surface area (Å²) in [5.74, 6) is -0.0726. The Balaban J connectivity index is 2.19. The van der Waals surface area contributed by atoms with Crippen molar-refractivity contribution in [3.8, 4) is 0 Å². The Morgan fingerprint density at radius 3 is 3.06 bits per heavy atom. The molecule has 0 bridgehead atoms. The summed E-state index contributed by atoms with van der Waals surface area (Å²) < 4.78 is 13.8. The van der Waals surface area contributed by atoms with Gasteiger partial charge in [0.05, 0.1) is 6.33 Å². The van der Waals surface area contributed by atoms with Crippen LogP contribution in [0.4, 0.5) is 10.2 Å². The lowest BCUT2D eigenvalue weighted by Crippen LogP contribution is -2.11. The number of aromatic amines is 1. The first-order valence-corrected chi connectivity index (χ1v) is 6.16. The fraction of sp³-hybridized carbons (Fsp3) is 0.0909. The van der Waals surface area contributed by atoms with Crippen LogP contribution in [-0.2, 0) is 6.54 Å². The molecule has 0 fully saturated rings. The van der Waals surface area contributed by atoms with Crippen molar-refractivity contribution in [1.29, 1.82) is 0 Å².